The van der Waals surface area contributed by atoms with Gasteiger partial charge in [0.15, 0.2) is 0 Å². The van der Waals surface area contributed by atoms with E-state index in [9.17, 15) is 4.79 Å². The lowest BCUT2D eigenvalue weighted by Crippen LogP contribution is -2.39. The van der Waals surface area contributed by atoms with Crippen LogP contribution >= 0.6 is 0 Å². The van der Waals surface area contributed by atoms with Crippen LogP contribution in [0.2, 0.25) is 0 Å². The molecule has 0 amide bonds. The van der Waals surface area contributed by atoms with Gasteiger partial charge in [-0.2, -0.15) is 5.10 Å². The van der Waals surface area contributed by atoms with Gasteiger partial charge in [-0.1, -0.05) is 46.1 Å². The molecule has 1 heterocycles. The average molecular weight is 411 g/mol. The van der Waals surface area contributed by atoms with Gasteiger partial charge in [-0.05, 0) is 56.2 Å². The summed E-state index contributed by atoms with van der Waals surface area (Å²) in [5.41, 5.74) is 7.54. The molecule has 0 saturated heterocycles. The second kappa shape index (κ2) is 10.2. The van der Waals surface area contributed by atoms with Crippen LogP contribution in [0.4, 0.5) is 11.4 Å². The molecule has 1 aromatic rings. The highest BCUT2D eigenvalue weighted by Gasteiger charge is 2.25. The quantitative estimate of drug-likeness (QED) is 0.575. The van der Waals surface area contributed by atoms with Crippen molar-refractivity contribution in [2.75, 3.05) is 11.4 Å². The number of carbonyl (C=O) groups excluding carboxylic acids is 1. The van der Waals surface area contributed by atoms with Crippen LogP contribution < -0.4 is 10.3 Å². The molecule has 2 aliphatic rings. The molecule has 1 fully saturated rings. The predicted molar refractivity (Wildman–Crippen MR) is 127 cm³/mol. The summed E-state index contributed by atoms with van der Waals surface area (Å²) in [6.07, 6.45) is 7.81. The second-order valence-electron chi connectivity index (χ2n) is 9.59. The Bertz CT molecular complexity index is 805. The molecule has 1 aliphatic heterocycles. The number of hydrogen-bond donors (Lipinski definition) is 1. The van der Waals surface area contributed by atoms with Crippen molar-refractivity contribution in [2.24, 2.45) is 16.0 Å². The number of nitrogens with one attached hydrogen (secondary N) is 1. The molecular weight excluding hydrogens is 372 g/mol. The largest absolute Gasteiger partial charge is 0.367 e. The number of nitrogens with zero attached hydrogens (tertiary/aromatic N) is 3. The van der Waals surface area contributed by atoms with Crippen molar-refractivity contribution < 1.29 is 4.79 Å². The van der Waals surface area contributed by atoms with Gasteiger partial charge in [-0.3, -0.25) is 5.43 Å². The van der Waals surface area contributed by atoms with Gasteiger partial charge in [0.25, 0.3) is 0 Å². The zero-order chi connectivity index (χ0) is 21.7. The maximum absolute atomic E-state index is 11.7. The molecule has 1 atom stereocenters. The fraction of sp³-hybridized carbons (Fsp3) is 0.640. The predicted octanol–water partition coefficient (Wildman–Crippen LogP) is 5.96. The summed E-state index contributed by atoms with van der Waals surface area (Å²) in [7, 11) is 0. The van der Waals surface area contributed by atoms with Gasteiger partial charge in [0.05, 0.1) is 11.4 Å². The van der Waals surface area contributed by atoms with Crippen LogP contribution in [0.25, 0.3) is 0 Å². The van der Waals surface area contributed by atoms with Crippen LogP contribution in [-0.4, -0.2) is 29.9 Å². The number of aliphatic imine (C=N–C) groups is 1. The maximum Gasteiger partial charge on any atom is 0.130 e. The zero-order valence-corrected chi connectivity index (χ0v) is 19.4. The summed E-state index contributed by atoms with van der Waals surface area (Å²) in [5.74, 6) is 1.90. The molecule has 1 saturated carbocycles. The molecular formula is C25H38N4O. The summed E-state index contributed by atoms with van der Waals surface area (Å²) in [4.78, 5) is 19.3. The lowest BCUT2D eigenvalue weighted by molar-refractivity contribution is -0.117. The van der Waals surface area contributed by atoms with Crippen LogP contribution in [0.3, 0.4) is 0 Å². The minimum absolute atomic E-state index is 0.193. The first-order chi connectivity index (χ1) is 14.3. The molecule has 0 unspecified atom stereocenters. The molecule has 1 aromatic carbocycles. The van der Waals surface area contributed by atoms with E-state index < -0.39 is 0 Å². The van der Waals surface area contributed by atoms with Crippen LogP contribution in [0.15, 0.2) is 28.3 Å². The Kier molecular flexibility index (Phi) is 7.68. The first-order valence-electron chi connectivity index (χ1n) is 11.6. The lowest BCUT2D eigenvalue weighted by atomic mass is 9.91. The van der Waals surface area contributed by atoms with Crippen molar-refractivity contribution in [1.29, 1.82) is 0 Å². The highest BCUT2D eigenvalue weighted by Crippen LogP contribution is 2.37. The lowest BCUT2D eigenvalue weighted by Gasteiger charge is -2.38. The van der Waals surface area contributed by atoms with Gasteiger partial charge in [-0.25, -0.2) is 4.99 Å². The number of ketones is 1. The first kappa shape index (κ1) is 22.5. The number of carbonyl (C=O) groups is 1. The molecule has 1 aliphatic carbocycles. The number of hydrogen-bond acceptors (Lipinski definition) is 4. The number of hydrazone groups is 1. The van der Waals surface area contributed by atoms with Gasteiger partial charge in [-0.15, -0.1) is 0 Å². The van der Waals surface area contributed by atoms with E-state index in [1.54, 1.807) is 6.92 Å². The van der Waals surface area contributed by atoms with E-state index in [1.807, 2.05) is 6.92 Å². The highest BCUT2D eigenvalue weighted by molar-refractivity contribution is 6.07. The number of benzene rings is 1. The third-order valence-corrected chi connectivity index (χ3v) is 6.10. The van der Waals surface area contributed by atoms with E-state index in [0.29, 0.717) is 18.4 Å². The number of rotatable bonds is 8. The summed E-state index contributed by atoms with van der Waals surface area (Å²) in [6, 6.07) is 7.22. The SMILES string of the molecule is CC(=O)C[C@@H](C)c1ccc(N(CC(C)C)C2CCCCC2)c(N=C2CC(C)=NN2)c1. The minimum Gasteiger partial charge on any atom is -0.367 e. The monoisotopic (exact) mass is 410 g/mol. The van der Waals surface area contributed by atoms with Crippen LogP contribution in [0.5, 0.6) is 0 Å². The second-order valence-corrected chi connectivity index (χ2v) is 9.59. The standard InChI is InChI=1S/C25H38N4O/c1-17(2)16-29(22-9-7-6-8-10-22)24-12-11-21(18(3)13-20(5)30)15-23(24)26-25-14-19(4)27-28-25/h11-12,15,17-18,22H,6-10,13-14,16H2,1-5H3,(H,26,28)/t18-/m1/s1. The van der Waals surface area contributed by atoms with E-state index >= 15 is 0 Å². The first-order valence-corrected chi connectivity index (χ1v) is 11.6. The summed E-state index contributed by atoms with van der Waals surface area (Å²) < 4.78 is 0. The van der Waals surface area contributed by atoms with Gasteiger partial charge >= 0.3 is 0 Å². The molecule has 0 spiro atoms. The van der Waals surface area contributed by atoms with Crippen molar-refractivity contribution in [3.05, 3.63) is 23.8 Å². The maximum atomic E-state index is 11.7. The number of amidine groups is 1. The Morgan fingerprint density at radius 2 is 1.97 bits per heavy atom. The summed E-state index contributed by atoms with van der Waals surface area (Å²) in [6.45, 7) is 11.4. The van der Waals surface area contributed by atoms with Crippen molar-refractivity contribution in [1.82, 2.24) is 5.43 Å². The van der Waals surface area contributed by atoms with E-state index in [2.05, 4.69) is 54.4 Å². The van der Waals surface area contributed by atoms with Gasteiger partial charge in [0, 0.05) is 31.1 Å². The Balaban J connectivity index is 2.00. The van der Waals surface area contributed by atoms with Crippen molar-refractivity contribution in [2.45, 2.75) is 91.5 Å². The van der Waals surface area contributed by atoms with Crippen molar-refractivity contribution >= 4 is 28.7 Å². The molecule has 0 bridgehead atoms. The molecule has 30 heavy (non-hydrogen) atoms. The van der Waals surface area contributed by atoms with Gasteiger partial charge in [0.2, 0.25) is 0 Å². The third-order valence-electron chi connectivity index (χ3n) is 6.10. The van der Waals surface area contributed by atoms with E-state index in [-0.39, 0.29) is 11.7 Å². The van der Waals surface area contributed by atoms with Crippen molar-refractivity contribution in [3.63, 3.8) is 0 Å². The fourth-order valence-electron chi connectivity index (χ4n) is 4.65. The molecule has 0 radical (unpaired) electrons. The summed E-state index contributed by atoms with van der Waals surface area (Å²) in [5, 5.41) is 4.30. The topological polar surface area (TPSA) is 57.1 Å². The molecule has 164 valence electrons. The highest BCUT2D eigenvalue weighted by atomic mass is 16.1. The number of anilines is 1. The normalized spacial score (nSPS) is 19.7. The Hall–Kier alpha value is -2.17. The molecule has 5 nitrogen and oxygen atoms in total. The molecule has 0 aromatic heterocycles. The van der Waals surface area contributed by atoms with E-state index in [4.69, 9.17) is 4.99 Å². The Labute approximate surface area is 182 Å². The number of Topliss-reactive ketones (excluding diaryl/α,β-unsaturated/α-hetero) is 1. The van der Waals surface area contributed by atoms with Gasteiger partial charge in [0.1, 0.15) is 11.6 Å². The van der Waals surface area contributed by atoms with Gasteiger partial charge < -0.3 is 9.69 Å². The zero-order valence-electron chi connectivity index (χ0n) is 19.4. The Morgan fingerprint density at radius 1 is 1.23 bits per heavy atom. The van der Waals surface area contributed by atoms with Crippen LogP contribution in [-0.2, 0) is 4.79 Å². The van der Waals surface area contributed by atoms with Crippen LogP contribution in [0.1, 0.15) is 91.0 Å². The summed E-state index contributed by atoms with van der Waals surface area (Å²) >= 11 is 0. The van der Waals surface area contributed by atoms with E-state index in [0.717, 1.165) is 30.2 Å². The molecule has 1 N–H and O–H groups in total. The fourth-order valence-corrected chi connectivity index (χ4v) is 4.65. The average Bonchev–Trinajstić information content (AvgIpc) is 3.11. The van der Waals surface area contributed by atoms with Crippen molar-refractivity contribution in [3.8, 4) is 0 Å². The Morgan fingerprint density at radius 3 is 2.57 bits per heavy atom. The minimum atomic E-state index is 0.193. The third kappa shape index (κ3) is 5.93. The smallest absolute Gasteiger partial charge is 0.130 e. The van der Waals surface area contributed by atoms with E-state index in [1.165, 1.54) is 43.4 Å². The van der Waals surface area contributed by atoms with Crippen LogP contribution in [0, 0.1) is 5.92 Å². The molecule has 5 heteroatoms. The molecule has 3 rings (SSSR count).